The van der Waals surface area contributed by atoms with Gasteiger partial charge in [-0.15, -0.1) is 0 Å². The number of hydrogen-bond donors (Lipinski definition) is 2. The molecule has 1 atom stereocenters. The number of hydrogen-bond acceptors (Lipinski definition) is 4. The summed E-state index contributed by atoms with van der Waals surface area (Å²) >= 11 is 0. The molecule has 106 valence electrons. The molecule has 0 radical (unpaired) electrons. The van der Waals surface area contributed by atoms with Gasteiger partial charge in [0.1, 0.15) is 11.5 Å². The van der Waals surface area contributed by atoms with Crippen LogP contribution in [0.25, 0.3) is 0 Å². The number of nitrogens with one attached hydrogen (secondary N) is 1. The van der Waals surface area contributed by atoms with Gasteiger partial charge in [-0.25, -0.2) is 0 Å². The van der Waals surface area contributed by atoms with Crippen LogP contribution in [0.4, 0.5) is 5.69 Å². The van der Waals surface area contributed by atoms with Crippen LogP contribution in [0.15, 0.2) is 12.1 Å². The van der Waals surface area contributed by atoms with Gasteiger partial charge >= 0.3 is 5.97 Å². The van der Waals surface area contributed by atoms with E-state index in [9.17, 15) is 4.79 Å². The van der Waals surface area contributed by atoms with Crippen LogP contribution in [0.5, 0.6) is 11.5 Å². The van der Waals surface area contributed by atoms with Crippen LogP contribution in [0, 0.1) is 12.8 Å². The quantitative estimate of drug-likeness (QED) is 0.794. The van der Waals surface area contributed by atoms with E-state index in [-0.39, 0.29) is 0 Å². The summed E-state index contributed by atoms with van der Waals surface area (Å²) in [5, 5.41) is 12.2. The first-order chi connectivity index (χ1) is 9.03. The summed E-state index contributed by atoms with van der Waals surface area (Å²) in [4.78, 5) is 11.0. The van der Waals surface area contributed by atoms with E-state index in [1.54, 1.807) is 20.3 Å². The first-order valence-corrected chi connectivity index (χ1v) is 6.22. The van der Waals surface area contributed by atoms with Crippen molar-refractivity contribution in [3.63, 3.8) is 0 Å². The Bertz CT molecular complexity index is 445. The third kappa shape index (κ3) is 3.77. The zero-order valence-electron chi connectivity index (χ0n) is 11.8. The van der Waals surface area contributed by atoms with E-state index in [1.165, 1.54) is 0 Å². The summed E-state index contributed by atoms with van der Waals surface area (Å²) in [6.07, 6.45) is 0.583. The molecule has 0 amide bonds. The fourth-order valence-corrected chi connectivity index (χ4v) is 1.86. The summed E-state index contributed by atoms with van der Waals surface area (Å²) in [5.41, 5.74) is 1.76. The molecular weight excluding hydrogens is 246 g/mol. The van der Waals surface area contributed by atoms with Crippen molar-refractivity contribution >= 4 is 11.7 Å². The van der Waals surface area contributed by atoms with Crippen LogP contribution in [0.2, 0.25) is 0 Å². The van der Waals surface area contributed by atoms with Gasteiger partial charge in [-0.3, -0.25) is 4.79 Å². The van der Waals surface area contributed by atoms with Crippen LogP contribution >= 0.6 is 0 Å². The lowest BCUT2D eigenvalue weighted by Gasteiger charge is -2.17. The highest BCUT2D eigenvalue weighted by Crippen LogP contribution is 2.33. The maximum atomic E-state index is 11.0. The molecule has 0 aliphatic carbocycles. The highest BCUT2D eigenvalue weighted by molar-refractivity contribution is 5.71. The molecule has 19 heavy (non-hydrogen) atoms. The van der Waals surface area contributed by atoms with E-state index in [1.807, 2.05) is 19.9 Å². The predicted octanol–water partition coefficient (Wildman–Crippen LogP) is 2.53. The predicted molar refractivity (Wildman–Crippen MR) is 74.2 cm³/mol. The first kappa shape index (κ1) is 15.1. The van der Waals surface area contributed by atoms with Crippen LogP contribution in [-0.4, -0.2) is 31.8 Å². The van der Waals surface area contributed by atoms with Gasteiger partial charge in [-0.2, -0.15) is 0 Å². The summed E-state index contributed by atoms with van der Waals surface area (Å²) in [6, 6.07) is 3.66. The lowest BCUT2D eigenvalue weighted by molar-refractivity contribution is -0.141. The number of carboxylic acids is 1. The van der Waals surface area contributed by atoms with E-state index in [2.05, 4.69) is 5.32 Å². The number of benzene rings is 1. The third-order valence-electron chi connectivity index (χ3n) is 3.10. The number of methoxy groups -OCH3 is 2. The van der Waals surface area contributed by atoms with Crippen LogP contribution in [0.1, 0.15) is 18.9 Å². The minimum absolute atomic E-state index is 0.370. The van der Waals surface area contributed by atoms with Gasteiger partial charge in [0.25, 0.3) is 0 Å². The van der Waals surface area contributed by atoms with Gasteiger partial charge in [-0.05, 0) is 25.0 Å². The normalized spacial score (nSPS) is 11.8. The molecule has 2 N–H and O–H groups in total. The molecule has 0 aromatic heterocycles. The second-order valence-corrected chi connectivity index (χ2v) is 4.35. The largest absolute Gasteiger partial charge is 0.497 e. The molecule has 0 spiro atoms. The van der Waals surface area contributed by atoms with Crippen molar-refractivity contribution in [2.24, 2.45) is 5.92 Å². The van der Waals surface area contributed by atoms with Gasteiger partial charge < -0.3 is 19.9 Å². The minimum Gasteiger partial charge on any atom is -0.497 e. The first-order valence-electron chi connectivity index (χ1n) is 6.22. The summed E-state index contributed by atoms with van der Waals surface area (Å²) in [5.74, 6) is 0.161. The number of anilines is 1. The van der Waals surface area contributed by atoms with Crippen molar-refractivity contribution in [2.75, 3.05) is 26.1 Å². The Morgan fingerprint density at radius 2 is 2.05 bits per heavy atom. The molecule has 5 nitrogen and oxygen atoms in total. The van der Waals surface area contributed by atoms with E-state index >= 15 is 0 Å². The number of aryl methyl sites for hydroxylation is 1. The van der Waals surface area contributed by atoms with E-state index in [4.69, 9.17) is 14.6 Å². The zero-order valence-corrected chi connectivity index (χ0v) is 11.8. The molecular formula is C14H21NO4. The Balaban J connectivity index is 2.91. The maximum Gasteiger partial charge on any atom is 0.308 e. The minimum atomic E-state index is -0.792. The molecule has 1 aromatic carbocycles. The molecule has 1 aromatic rings. The molecule has 0 saturated carbocycles. The lowest BCUT2D eigenvalue weighted by Crippen LogP contribution is -2.22. The van der Waals surface area contributed by atoms with E-state index in [0.717, 1.165) is 11.3 Å². The van der Waals surface area contributed by atoms with Crippen LogP contribution in [0.3, 0.4) is 0 Å². The Morgan fingerprint density at radius 3 is 2.53 bits per heavy atom. The fraction of sp³-hybridized carbons (Fsp3) is 0.500. The molecule has 0 fully saturated rings. The van der Waals surface area contributed by atoms with Crippen molar-refractivity contribution < 1.29 is 19.4 Å². The SMILES string of the molecule is CCC(CNc1c(C)cc(OC)cc1OC)C(=O)O. The maximum absolute atomic E-state index is 11.0. The summed E-state index contributed by atoms with van der Waals surface area (Å²) in [6.45, 7) is 4.16. The van der Waals surface area contributed by atoms with Gasteiger partial charge in [-0.1, -0.05) is 6.92 Å². The molecule has 0 aliphatic rings. The standard InChI is InChI=1S/C14H21NO4/c1-5-10(14(16)17)8-15-13-9(2)6-11(18-3)7-12(13)19-4/h6-7,10,15H,5,8H2,1-4H3,(H,16,17). The van der Waals surface area contributed by atoms with Gasteiger partial charge in [0.2, 0.25) is 0 Å². The van der Waals surface area contributed by atoms with Crippen LogP contribution in [-0.2, 0) is 4.79 Å². The molecule has 5 heteroatoms. The average Bonchev–Trinajstić information content (AvgIpc) is 2.39. The zero-order chi connectivity index (χ0) is 14.4. The van der Waals surface area contributed by atoms with Crippen molar-refractivity contribution in [1.29, 1.82) is 0 Å². The highest BCUT2D eigenvalue weighted by Gasteiger charge is 2.16. The molecule has 1 rings (SSSR count). The Hall–Kier alpha value is -1.91. The summed E-state index contributed by atoms with van der Waals surface area (Å²) in [7, 11) is 3.17. The average molecular weight is 267 g/mol. The van der Waals surface area contributed by atoms with Gasteiger partial charge in [0.05, 0.1) is 25.8 Å². The summed E-state index contributed by atoms with van der Waals surface area (Å²) < 4.78 is 10.5. The molecule has 0 heterocycles. The van der Waals surface area contributed by atoms with Gasteiger partial charge in [0.15, 0.2) is 0 Å². The number of aliphatic carboxylic acids is 1. The van der Waals surface area contributed by atoms with Crippen molar-refractivity contribution in [1.82, 2.24) is 0 Å². The second kappa shape index (κ2) is 6.87. The lowest BCUT2D eigenvalue weighted by atomic mass is 10.1. The topological polar surface area (TPSA) is 67.8 Å². The number of rotatable bonds is 7. The second-order valence-electron chi connectivity index (χ2n) is 4.35. The number of carbonyl (C=O) groups is 1. The molecule has 0 aliphatic heterocycles. The highest BCUT2D eigenvalue weighted by atomic mass is 16.5. The van der Waals surface area contributed by atoms with Crippen LogP contribution < -0.4 is 14.8 Å². The third-order valence-corrected chi connectivity index (χ3v) is 3.10. The molecule has 0 bridgehead atoms. The Morgan fingerprint density at radius 1 is 1.37 bits per heavy atom. The van der Waals surface area contributed by atoms with Crippen molar-refractivity contribution in [3.05, 3.63) is 17.7 Å². The molecule has 0 saturated heterocycles. The van der Waals surface area contributed by atoms with Crippen molar-refractivity contribution in [3.8, 4) is 11.5 Å². The van der Waals surface area contributed by atoms with Gasteiger partial charge in [0, 0.05) is 12.6 Å². The fourth-order valence-electron chi connectivity index (χ4n) is 1.86. The number of ether oxygens (including phenoxy) is 2. The van der Waals surface area contributed by atoms with E-state index in [0.29, 0.717) is 24.5 Å². The monoisotopic (exact) mass is 267 g/mol. The smallest absolute Gasteiger partial charge is 0.308 e. The van der Waals surface area contributed by atoms with E-state index < -0.39 is 11.9 Å². The number of carboxylic acid groups (broad SMARTS) is 1. The Kier molecular flexibility index (Phi) is 5.48. The molecule has 1 unspecified atom stereocenters. The Labute approximate surface area is 113 Å². The van der Waals surface area contributed by atoms with Crippen molar-refractivity contribution in [2.45, 2.75) is 20.3 Å².